The standard InChI is InChI=1S/C13H21N3O4/c1-3-4-5-16(6-7-17)13(20)15-10-8-9(2)14-11(10)12(18)19/h8,14,17H,3-7H2,1-2H3,(H,15,20)(H,18,19). The number of anilines is 1. The van der Waals surface area contributed by atoms with Gasteiger partial charge in [0.25, 0.3) is 0 Å². The number of aromatic carboxylic acids is 1. The second kappa shape index (κ2) is 7.54. The summed E-state index contributed by atoms with van der Waals surface area (Å²) in [5.74, 6) is -1.13. The van der Waals surface area contributed by atoms with Crippen LogP contribution in [-0.2, 0) is 0 Å². The summed E-state index contributed by atoms with van der Waals surface area (Å²) >= 11 is 0. The van der Waals surface area contributed by atoms with Crippen LogP contribution >= 0.6 is 0 Å². The Hall–Kier alpha value is -2.02. The second-order valence-electron chi connectivity index (χ2n) is 4.54. The van der Waals surface area contributed by atoms with Gasteiger partial charge in [-0.15, -0.1) is 0 Å². The Bertz CT molecular complexity index is 470. The third-order valence-corrected chi connectivity index (χ3v) is 2.85. The Morgan fingerprint density at radius 3 is 2.65 bits per heavy atom. The first-order valence-corrected chi connectivity index (χ1v) is 6.59. The number of carboxylic acid groups (broad SMARTS) is 1. The van der Waals surface area contributed by atoms with E-state index >= 15 is 0 Å². The summed E-state index contributed by atoms with van der Waals surface area (Å²) in [5.41, 5.74) is 0.842. The van der Waals surface area contributed by atoms with Crippen molar-refractivity contribution in [3.8, 4) is 0 Å². The number of urea groups is 1. The van der Waals surface area contributed by atoms with Gasteiger partial charge in [-0.05, 0) is 19.4 Å². The number of aromatic amines is 1. The molecule has 20 heavy (non-hydrogen) atoms. The fraction of sp³-hybridized carbons (Fsp3) is 0.538. The van der Waals surface area contributed by atoms with Crippen LogP contribution in [0.1, 0.15) is 35.9 Å². The van der Waals surface area contributed by atoms with Crippen LogP contribution in [-0.4, -0.2) is 51.8 Å². The van der Waals surface area contributed by atoms with E-state index in [9.17, 15) is 9.59 Å². The predicted octanol–water partition coefficient (Wildman–Crippen LogP) is 1.65. The minimum absolute atomic E-state index is 0.0460. The average Bonchev–Trinajstić information content (AvgIpc) is 2.75. The van der Waals surface area contributed by atoms with Gasteiger partial charge in [-0.3, -0.25) is 0 Å². The van der Waals surface area contributed by atoms with Crippen LogP contribution in [0.25, 0.3) is 0 Å². The van der Waals surface area contributed by atoms with E-state index in [4.69, 9.17) is 10.2 Å². The molecule has 0 aromatic carbocycles. The summed E-state index contributed by atoms with van der Waals surface area (Å²) in [4.78, 5) is 27.3. The minimum Gasteiger partial charge on any atom is -0.477 e. The molecular formula is C13H21N3O4. The SMILES string of the molecule is CCCCN(CCO)C(=O)Nc1cc(C)[nH]c1C(=O)O. The fourth-order valence-corrected chi connectivity index (χ4v) is 1.84. The van der Waals surface area contributed by atoms with Crippen molar-refractivity contribution in [2.24, 2.45) is 0 Å². The number of carbonyl (C=O) groups excluding carboxylic acids is 1. The zero-order valence-electron chi connectivity index (χ0n) is 11.8. The highest BCUT2D eigenvalue weighted by Crippen LogP contribution is 2.17. The zero-order valence-corrected chi connectivity index (χ0v) is 11.8. The highest BCUT2D eigenvalue weighted by molar-refractivity contribution is 5.99. The molecule has 0 spiro atoms. The number of hydrogen-bond donors (Lipinski definition) is 4. The zero-order chi connectivity index (χ0) is 15.1. The van der Waals surface area contributed by atoms with Crippen LogP contribution in [0.3, 0.4) is 0 Å². The van der Waals surface area contributed by atoms with Crippen LogP contribution < -0.4 is 5.32 Å². The van der Waals surface area contributed by atoms with Gasteiger partial charge in [0.2, 0.25) is 0 Å². The topological polar surface area (TPSA) is 106 Å². The maximum absolute atomic E-state index is 12.1. The van der Waals surface area contributed by atoms with Crippen LogP contribution in [0, 0.1) is 6.92 Å². The summed E-state index contributed by atoms with van der Waals surface area (Å²) in [6.07, 6.45) is 1.75. The molecule has 0 aliphatic carbocycles. The number of aromatic nitrogens is 1. The van der Waals surface area contributed by atoms with E-state index < -0.39 is 12.0 Å². The summed E-state index contributed by atoms with van der Waals surface area (Å²) in [5, 5.41) is 20.6. The lowest BCUT2D eigenvalue weighted by Gasteiger charge is -2.21. The van der Waals surface area contributed by atoms with Gasteiger partial charge < -0.3 is 25.4 Å². The predicted molar refractivity (Wildman–Crippen MR) is 75.1 cm³/mol. The highest BCUT2D eigenvalue weighted by atomic mass is 16.4. The third-order valence-electron chi connectivity index (χ3n) is 2.85. The van der Waals surface area contributed by atoms with Gasteiger partial charge >= 0.3 is 12.0 Å². The number of unbranched alkanes of at least 4 members (excludes halogenated alkanes) is 1. The average molecular weight is 283 g/mol. The molecule has 1 heterocycles. The highest BCUT2D eigenvalue weighted by Gasteiger charge is 2.18. The number of aliphatic hydroxyl groups is 1. The number of nitrogens with zero attached hydrogens (tertiary/aromatic N) is 1. The van der Waals surface area contributed by atoms with E-state index in [0.717, 1.165) is 12.8 Å². The lowest BCUT2D eigenvalue weighted by atomic mass is 10.3. The number of carboxylic acids is 1. The smallest absolute Gasteiger partial charge is 0.354 e. The molecule has 0 saturated carbocycles. The lowest BCUT2D eigenvalue weighted by Crippen LogP contribution is -2.38. The van der Waals surface area contributed by atoms with E-state index in [1.54, 1.807) is 13.0 Å². The number of amides is 2. The van der Waals surface area contributed by atoms with Gasteiger partial charge in [0.15, 0.2) is 0 Å². The first-order valence-electron chi connectivity index (χ1n) is 6.59. The molecule has 0 aliphatic rings. The molecule has 4 N–H and O–H groups in total. The van der Waals surface area contributed by atoms with Crippen molar-refractivity contribution in [2.75, 3.05) is 25.0 Å². The van der Waals surface area contributed by atoms with Crippen molar-refractivity contribution in [2.45, 2.75) is 26.7 Å². The van der Waals surface area contributed by atoms with Gasteiger partial charge in [-0.1, -0.05) is 13.3 Å². The summed E-state index contributed by atoms with van der Waals surface area (Å²) in [6, 6.07) is 1.16. The fourth-order valence-electron chi connectivity index (χ4n) is 1.84. The molecular weight excluding hydrogens is 262 g/mol. The molecule has 0 fully saturated rings. The molecule has 0 aliphatic heterocycles. The molecule has 0 saturated heterocycles. The molecule has 7 heteroatoms. The van der Waals surface area contributed by atoms with Gasteiger partial charge in [-0.2, -0.15) is 0 Å². The van der Waals surface area contributed by atoms with E-state index in [1.165, 1.54) is 4.90 Å². The Morgan fingerprint density at radius 1 is 1.40 bits per heavy atom. The van der Waals surface area contributed by atoms with Gasteiger partial charge in [0, 0.05) is 18.8 Å². The Kier molecular flexibility index (Phi) is 6.05. The van der Waals surface area contributed by atoms with Crippen molar-refractivity contribution in [3.63, 3.8) is 0 Å². The van der Waals surface area contributed by atoms with Crippen LogP contribution in [0.5, 0.6) is 0 Å². The second-order valence-corrected chi connectivity index (χ2v) is 4.54. The van der Waals surface area contributed by atoms with Gasteiger partial charge in [0.1, 0.15) is 5.69 Å². The molecule has 0 atom stereocenters. The minimum atomic E-state index is -1.13. The van der Waals surface area contributed by atoms with Crippen molar-refractivity contribution in [3.05, 3.63) is 17.5 Å². The number of H-pyrrole nitrogens is 1. The maximum atomic E-state index is 12.1. The number of carbonyl (C=O) groups is 2. The number of rotatable bonds is 7. The molecule has 1 aromatic heterocycles. The molecule has 0 unspecified atom stereocenters. The van der Waals surface area contributed by atoms with E-state index in [2.05, 4.69) is 10.3 Å². The number of aliphatic hydroxyl groups excluding tert-OH is 1. The molecule has 1 rings (SSSR count). The lowest BCUT2D eigenvalue weighted by molar-refractivity contribution is 0.0692. The quantitative estimate of drug-likeness (QED) is 0.610. The summed E-state index contributed by atoms with van der Waals surface area (Å²) in [6.45, 7) is 4.33. The molecule has 2 amide bonds. The summed E-state index contributed by atoms with van der Waals surface area (Å²) in [7, 11) is 0. The molecule has 112 valence electrons. The van der Waals surface area contributed by atoms with Crippen LogP contribution in [0.4, 0.5) is 10.5 Å². The van der Waals surface area contributed by atoms with Gasteiger partial charge in [0.05, 0.1) is 12.3 Å². The molecule has 0 bridgehead atoms. The van der Waals surface area contributed by atoms with Crippen molar-refractivity contribution in [1.29, 1.82) is 0 Å². The van der Waals surface area contributed by atoms with E-state index in [-0.39, 0.29) is 24.5 Å². The largest absolute Gasteiger partial charge is 0.477 e. The molecule has 1 aromatic rings. The van der Waals surface area contributed by atoms with Crippen molar-refractivity contribution < 1.29 is 19.8 Å². The Labute approximate surface area is 117 Å². The number of aryl methyl sites for hydroxylation is 1. The van der Waals surface area contributed by atoms with Crippen LogP contribution in [0.2, 0.25) is 0 Å². The maximum Gasteiger partial charge on any atom is 0.354 e. The number of hydrogen-bond acceptors (Lipinski definition) is 3. The first kappa shape index (κ1) is 16.0. The number of nitrogens with one attached hydrogen (secondary N) is 2. The monoisotopic (exact) mass is 283 g/mol. The van der Waals surface area contributed by atoms with Crippen molar-refractivity contribution in [1.82, 2.24) is 9.88 Å². The van der Waals surface area contributed by atoms with E-state index in [1.807, 2.05) is 6.92 Å². The summed E-state index contributed by atoms with van der Waals surface area (Å²) < 4.78 is 0. The third kappa shape index (κ3) is 4.27. The van der Waals surface area contributed by atoms with E-state index in [0.29, 0.717) is 12.2 Å². The molecule has 7 nitrogen and oxygen atoms in total. The first-order chi connectivity index (χ1) is 9.49. The Morgan fingerprint density at radius 2 is 2.10 bits per heavy atom. The van der Waals surface area contributed by atoms with Crippen LogP contribution in [0.15, 0.2) is 6.07 Å². The Balaban J connectivity index is 2.79. The van der Waals surface area contributed by atoms with Crippen molar-refractivity contribution >= 4 is 17.7 Å². The van der Waals surface area contributed by atoms with Gasteiger partial charge in [-0.25, -0.2) is 9.59 Å². The normalized spacial score (nSPS) is 10.3. The molecule has 0 radical (unpaired) electrons.